The predicted molar refractivity (Wildman–Crippen MR) is 182 cm³/mol. The molecule has 0 saturated heterocycles. The van der Waals surface area contributed by atoms with Crippen LogP contribution in [0.1, 0.15) is 16.7 Å². The average molecular weight is 682 g/mol. The third kappa shape index (κ3) is 6.57. The summed E-state index contributed by atoms with van der Waals surface area (Å²) >= 11 is 6.79. The highest BCUT2D eigenvalue weighted by molar-refractivity contribution is 7.07. The molecule has 0 aliphatic rings. The lowest BCUT2D eigenvalue weighted by Crippen LogP contribution is -2.33. The number of nitriles is 1. The maximum Gasteiger partial charge on any atom is 0.418 e. The molecule has 2 heterocycles. The third-order valence-electron chi connectivity index (χ3n) is 7.24. The van der Waals surface area contributed by atoms with E-state index in [1.807, 2.05) is 67.6 Å². The maximum absolute atomic E-state index is 14.3. The molecule has 48 heavy (non-hydrogen) atoms. The van der Waals surface area contributed by atoms with Crippen LogP contribution in [0.15, 0.2) is 119 Å². The van der Waals surface area contributed by atoms with Gasteiger partial charge < -0.3 is 5.11 Å². The van der Waals surface area contributed by atoms with Crippen molar-refractivity contribution in [3.63, 3.8) is 0 Å². The van der Waals surface area contributed by atoms with Gasteiger partial charge in [0.2, 0.25) is 5.90 Å². The van der Waals surface area contributed by atoms with Gasteiger partial charge in [-0.25, -0.2) is 9.67 Å². The Morgan fingerprint density at radius 3 is 2.40 bits per heavy atom. The van der Waals surface area contributed by atoms with E-state index < -0.39 is 34.5 Å². The van der Waals surface area contributed by atoms with E-state index in [0.717, 1.165) is 44.9 Å². The summed E-state index contributed by atoms with van der Waals surface area (Å²) in [5, 5.41) is 26.3. The summed E-state index contributed by atoms with van der Waals surface area (Å²) in [4.78, 5) is 18.2. The first-order valence-corrected chi connectivity index (χ1v) is 15.5. The van der Waals surface area contributed by atoms with Crippen molar-refractivity contribution in [1.82, 2.24) is 14.3 Å². The van der Waals surface area contributed by atoms with Crippen LogP contribution in [0.4, 0.5) is 18.9 Å². The number of hydrogen-bond acceptors (Lipinski definition) is 5. The number of aryl methyl sites for hydroxylation is 1. The van der Waals surface area contributed by atoms with Crippen LogP contribution < -0.4 is 14.8 Å². The topological polar surface area (TPSA) is 96.2 Å². The van der Waals surface area contributed by atoms with Gasteiger partial charge in [0.05, 0.1) is 32.9 Å². The van der Waals surface area contributed by atoms with Crippen LogP contribution in [-0.4, -0.2) is 25.4 Å². The summed E-state index contributed by atoms with van der Waals surface area (Å²) in [6.07, 6.45) is -1.60. The molecule has 0 fully saturated rings. The maximum atomic E-state index is 14.3. The van der Waals surface area contributed by atoms with E-state index in [9.17, 15) is 28.3 Å². The first-order valence-electron chi connectivity index (χ1n) is 14.3. The second-order valence-corrected chi connectivity index (χ2v) is 12.0. The number of aromatic nitrogens is 3. The Hall–Kier alpha value is -5.70. The Balaban J connectivity index is 1.68. The van der Waals surface area contributed by atoms with Gasteiger partial charge in [-0.2, -0.15) is 23.5 Å². The monoisotopic (exact) mass is 681 g/mol. The number of para-hydroxylation sites is 2. The summed E-state index contributed by atoms with van der Waals surface area (Å²) in [6, 6.07) is 29.4. The van der Waals surface area contributed by atoms with Crippen molar-refractivity contribution < 1.29 is 18.3 Å². The summed E-state index contributed by atoms with van der Waals surface area (Å²) in [6.45, 7) is 1.95. The van der Waals surface area contributed by atoms with Crippen LogP contribution in [0.25, 0.3) is 34.3 Å². The number of rotatable bonds is 6. The van der Waals surface area contributed by atoms with Crippen molar-refractivity contribution in [2.24, 2.45) is 4.99 Å². The Kier molecular flexibility index (Phi) is 8.86. The molecule has 0 aliphatic carbocycles. The number of nitrogens with zero attached hydrogens (tertiary/aromatic N) is 5. The van der Waals surface area contributed by atoms with Crippen molar-refractivity contribution in [3.05, 3.63) is 151 Å². The average Bonchev–Trinajstić information content (AvgIpc) is 3.62. The number of aliphatic hydroxyl groups excluding tert-OH is 1. The Bertz CT molecular complexity index is 2410. The highest BCUT2D eigenvalue weighted by atomic mass is 35.5. The number of aliphatic imine (C=N–C) groups is 1. The van der Waals surface area contributed by atoms with E-state index in [1.165, 1.54) is 30.3 Å². The minimum Gasteiger partial charge on any atom is -0.492 e. The Labute approximate surface area is 280 Å². The standard InChI is InChI=1S/C36H23ClF3N5O2S/c1-22-14-16-23(17-15-22)32-24(21-44(43-32)27-10-3-2-4-11-27)18-31-34(47)45(30-13-6-5-12-29(30)36(38,39)40)35(48-31)28(20-41)33(46)42-26-9-7-8-25(37)19-26/h2-19,21H,1H3,(H,42,46)/b31-18-,35-28-. The molecule has 0 spiro atoms. The predicted octanol–water partition coefficient (Wildman–Crippen LogP) is 7.52. The zero-order chi connectivity index (χ0) is 34.0. The fraction of sp³-hybridized carbons (Fsp3) is 0.0556. The van der Waals surface area contributed by atoms with E-state index in [0.29, 0.717) is 16.3 Å². The van der Waals surface area contributed by atoms with Crippen molar-refractivity contribution in [2.45, 2.75) is 13.1 Å². The molecule has 12 heteroatoms. The van der Waals surface area contributed by atoms with Crippen molar-refractivity contribution in [3.8, 4) is 28.7 Å². The molecule has 7 nitrogen and oxygen atoms in total. The number of aliphatic hydroxyl groups is 1. The molecule has 6 aromatic rings. The Morgan fingerprint density at radius 2 is 1.71 bits per heavy atom. The van der Waals surface area contributed by atoms with Crippen LogP contribution in [0.2, 0.25) is 5.02 Å². The van der Waals surface area contributed by atoms with E-state index in [-0.39, 0.29) is 14.9 Å². The molecule has 0 amide bonds. The fourth-order valence-corrected chi connectivity index (χ4v) is 6.25. The van der Waals surface area contributed by atoms with Crippen LogP contribution >= 0.6 is 22.9 Å². The molecular weight excluding hydrogens is 659 g/mol. The molecule has 6 rings (SSSR count). The number of benzene rings is 4. The van der Waals surface area contributed by atoms with Gasteiger partial charge in [-0.15, -0.1) is 11.3 Å². The van der Waals surface area contributed by atoms with Crippen LogP contribution in [0.3, 0.4) is 0 Å². The molecule has 0 radical (unpaired) electrons. The highest BCUT2D eigenvalue weighted by Crippen LogP contribution is 2.33. The molecule has 0 bridgehead atoms. The zero-order valence-corrected chi connectivity index (χ0v) is 26.6. The lowest BCUT2D eigenvalue weighted by molar-refractivity contribution is -0.137. The van der Waals surface area contributed by atoms with E-state index in [2.05, 4.69) is 4.99 Å². The third-order valence-corrected chi connectivity index (χ3v) is 8.57. The van der Waals surface area contributed by atoms with Gasteiger partial charge in [0.15, 0.2) is 0 Å². The van der Waals surface area contributed by atoms with Gasteiger partial charge in [-0.3, -0.25) is 9.36 Å². The quantitative estimate of drug-likeness (QED) is 0.145. The van der Waals surface area contributed by atoms with Gasteiger partial charge >= 0.3 is 6.18 Å². The van der Waals surface area contributed by atoms with Gasteiger partial charge in [0.25, 0.3) is 5.56 Å². The lowest BCUT2D eigenvalue weighted by atomic mass is 10.1. The number of halogens is 4. The van der Waals surface area contributed by atoms with Gasteiger partial charge in [-0.1, -0.05) is 77.8 Å². The number of hydrogen-bond donors (Lipinski definition) is 1. The number of alkyl halides is 3. The molecular formula is C36H23ClF3N5O2S. The molecule has 1 N–H and O–H groups in total. The molecule has 4 aromatic carbocycles. The van der Waals surface area contributed by atoms with Gasteiger partial charge in [0.1, 0.15) is 16.3 Å². The summed E-state index contributed by atoms with van der Waals surface area (Å²) < 4.78 is 45.0. The molecule has 0 atom stereocenters. The molecule has 0 saturated carbocycles. The highest BCUT2D eigenvalue weighted by Gasteiger charge is 2.34. The zero-order valence-electron chi connectivity index (χ0n) is 25.0. The van der Waals surface area contributed by atoms with Gasteiger partial charge in [0, 0.05) is 22.3 Å². The van der Waals surface area contributed by atoms with Crippen LogP contribution in [-0.2, 0) is 6.18 Å². The molecule has 2 aromatic heterocycles. The van der Waals surface area contributed by atoms with E-state index >= 15 is 0 Å². The van der Waals surface area contributed by atoms with Crippen LogP contribution in [0, 0.1) is 18.3 Å². The molecule has 0 aliphatic heterocycles. The van der Waals surface area contributed by atoms with Gasteiger partial charge in [-0.05, 0) is 55.5 Å². The molecule has 0 unspecified atom stereocenters. The lowest BCUT2D eigenvalue weighted by Gasteiger charge is -2.13. The number of thiazole rings is 1. The van der Waals surface area contributed by atoms with Crippen molar-refractivity contribution in [1.29, 1.82) is 5.26 Å². The first-order chi connectivity index (χ1) is 23.0. The second kappa shape index (κ2) is 13.2. The first kappa shape index (κ1) is 32.2. The van der Waals surface area contributed by atoms with Crippen molar-refractivity contribution in [2.75, 3.05) is 0 Å². The normalized spacial score (nSPS) is 13.0. The SMILES string of the molecule is Cc1ccc(-c2nn(-c3ccccc3)cc2/C=c2\s/c(=C(/C#N)C(O)=Nc3cccc(Cl)c3)n(-c3ccccc3C(F)(F)F)c2=O)cc1. The minimum atomic E-state index is -4.84. The second-order valence-electron chi connectivity index (χ2n) is 10.6. The van der Waals surface area contributed by atoms with E-state index in [1.54, 1.807) is 23.0 Å². The summed E-state index contributed by atoms with van der Waals surface area (Å²) in [5.41, 5.74) is 0.778. The van der Waals surface area contributed by atoms with Crippen molar-refractivity contribution >= 4 is 46.2 Å². The Morgan fingerprint density at radius 1 is 1.00 bits per heavy atom. The van der Waals surface area contributed by atoms with E-state index in [4.69, 9.17) is 16.7 Å². The largest absolute Gasteiger partial charge is 0.492 e. The smallest absolute Gasteiger partial charge is 0.418 e. The fourth-order valence-electron chi connectivity index (χ4n) is 4.98. The summed E-state index contributed by atoms with van der Waals surface area (Å²) in [5.74, 6) is -0.803. The minimum absolute atomic E-state index is 0.00810. The molecule has 238 valence electrons. The summed E-state index contributed by atoms with van der Waals surface area (Å²) in [7, 11) is 0. The van der Waals surface area contributed by atoms with Crippen LogP contribution in [0.5, 0.6) is 0 Å².